The zero-order chi connectivity index (χ0) is 15.1. The topological polar surface area (TPSA) is 144 Å². The van der Waals surface area contributed by atoms with Crippen LogP contribution < -0.4 is 16.4 Å². The van der Waals surface area contributed by atoms with Crippen LogP contribution in [0, 0.1) is 0 Å². The molecule has 0 aliphatic heterocycles. The summed E-state index contributed by atoms with van der Waals surface area (Å²) in [4.78, 5) is 45.2. The fraction of sp³-hybridized carbons (Fsp3) is 0.400. The molecule has 0 aromatic carbocycles. The molecular weight excluding hydrogens is 286 g/mol. The first-order valence-electron chi connectivity index (χ1n) is 5.57. The molecule has 0 radical (unpaired) electrons. The van der Waals surface area contributed by atoms with E-state index in [1.54, 1.807) is 0 Å². The standard InChI is InChI=1S/C10H13N5O4S/c1-12-10(19)7(16)3-2-5(8(11)17)13-9(18)6-4-20-15-14-6/h4-5H,2-3H2,1H3,(H2,11,17)(H,12,19)(H,13,18). The first-order chi connectivity index (χ1) is 9.45. The lowest BCUT2D eigenvalue weighted by molar-refractivity contribution is -0.137. The van der Waals surface area contributed by atoms with Gasteiger partial charge in [-0.2, -0.15) is 0 Å². The molecule has 1 rings (SSSR count). The van der Waals surface area contributed by atoms with Crippen LogP contribution in [0.1, 0.15) is 23.3 Å². The van der Waals surface area contributed by atoms with Crippen LogP contribution in [-0.2, 0) is 14.4 Å². The quantitative estimate of drug-likeness (QED) is 0.507. The molecule has 1 heterocycles. The number of hydrogen-bond acceptors (Lipinski definition) is 7. The Hall–Kier alpha value is -2.36. The molecule has 0 fully saturated rings. The highest BCUT2D eigenvalue weighted by Crippen LogP contribution is 2.02. The Bertz CT molecular complexity index is 516. The Balaban J connectivity index is 2.57. The number of nitrogens with one attached hydrogen (secondary N) is 2. The van der Waals surface area contributed by atoms with Gasteiger partial charge in [-0.05, 0) is 18.0 Å². The predicted octanol–water partition coefficient (Wildman–Crippen LogP) is -1.78. The van der Waals surface area contributed by atoms with Crippen molar-refractivity contribution in [2.45, 2.75) is 18.9 Å². The summed E-state index contributed by atoms with van der Waals surface area (Å²) in [6.07, 6.45) is -0.270. The van der Waals surface area contributed by atoms with E-state index in [0.29, 0.717) is 0 Å². The highest BCUT2D eigenvalue weighted by Gasteiger charge is 2.22. The van der Waals surface area contributed by atoms with Gasteiger partial charge in [-0.1, -0.05) is 4.49 Å². The third kappa shape index (κ3) is 4.39. The summed E-state index contributed by atoms with van der Waals surface area (Å²) in [7, 11) is 1.32. The molecule has 1 aromatic rings. The van der Waals surface area contributed by atoms with Crippen molar-refractivity contribution in [1.29, 1.82) is 0 Å². The lowest BCUT2D eigenvalue weighted by atomic mass is 10.1. The van der Waals surface area contributed by atoms with E-state index in [4.69, 9.17) is 5.73 Å². The van der Waals surface area contributed by atoms with E-state index in [1.807, 2.05) is 0 Å². The normalized spacial score (nSPS) is 11.4. The van der Waals surface area contributed by atoms with E-state index in [-0.39, 0.29) is 18.5 Å². The molecule has 0 aliphatic carbocycles. The summed E-state index contributed by atoms with van der Waals surface area (Å²) in [6, 6.07) is -1.06. The second kappa shape index (κ2) is 7.28. The van der Waals surface area contributed by atoms with Gasteiger partial charge in [-0.15, -0.1) is 5.10 Å². The first kappa shape index (κ1) is 15.7. The Labute approximate surface area is 118 Å². The van der Waals surface area contributed by atoms with Gasteiger partial charge >= 0.3 is 0 Å². The third-order valence-corrected chi connectivity index (χ3v) is 2.89. The average molecular weight is 299 g/mol. The first-order valence-corrected chi connectivity index (χ1v) is 6.41. The van der Waals surface area contributed by atoms with Crippen LogP contribution in [0.25, 0.3) is 0 Å². The zero-order valence-electron chi connectivity index (χ0n) is 10.6. The van der Waals surface area contributed by atoms with E-state index >= 15 is 0 Å². The summed E-state index contributed by atoms with van der Waals surface area (Å²) in [6.45, 7) is 0. The second-order valence-electron chi connectivity index (χ2n) is 3.76. The van der Waals surface area contributed by atoms with E-state index in [0.717, 1.165) is 11.5 Å². The molecule has 3 amide bonds. The van der Waals surface area contributed by atoms with Crippen LogP contribution in [0.4, 0.5) is 0 Å². The number of carbonyl (C=O) groups excluding carboxylic acids is 4. The maximum Gasteiger partial charge on any atom is 0.287 e. The summed E-state index contributed by atoms with van der Waals surface area (Å²) in [5.74, 6) is -2.87. The molecule has 10 heteroatoms. The van der Waals surface area contributed by atoms with Gasteiger partial charge in [0, 0.05) is 18.8 Å². The van der Waals surface area contributed by atoms with Crippen LogP contribution in [0.3, 0.4) is 0 Å². The summed E-state index contributed by atoms with van der Waals surface area (Å²) < 4.78 is 3.51. The molecule has 0 bridgehead atoms. The molecule has 20 heavy (non-hydrogen) atoms. The van der Waals surface area contributed by atoms with Crippen LogP contribution in [0.5, 0.6) is 0 Å². The Morgan fingerprint density at radius 1 is 1.40 bits per heavy atom. The summed E-state index contributed by atoms with van der Waals surface area (Å²) in [5, 5.41) is 9.45. The molecule has 1 unspecified atom stereocenters. The van der Waals surface area contributed by atoms with Crippen LogP contribution in [0.2, 0.25) is 0 Å². The molecule has 108 valence electrons. The maximum atomic E-state index is 11.7. The number of Topliss-reactive ketones (excluding diaryl/α,β-unsaturated/α-hetero) is 1. The molecule has 1 atom stereocenters. The average Bonchev–Trinajstić information content (AvgIpc) is 2.95. The fourth-order valence-electron chi connectivity index (χ4n) is 1.31. The molecule has 0 saturated carbocycles. The van der Waals surface area contributed by atoms with Crippen molar-refractivity contribution >= 4 is 35.0 Å². The third-order valence-electron chi connectivity index (χ3n) is 2.38. The van der Waals surface area contributed by atoms with Gasteiger partial charge in [0.05, 0.1) is 0 Å². The van der Waals surface area contributed by atoms with E-state index < -0.39 is 29.5 Å². The van der Waals surface area contributed by atoms with Crippen molar-refractivity contribution in [2.24, 2.45) is 5.73 Å². The Morgan fingerprint density at radius 2 is 2.10 bits per heavy atom. The number of nitrogens with zero attached hydrogens (tertiary/aromatic N) is 2. The summed E-state index contributed by atoms with van der Waals surface area (Å²) in [5.41, 5.74) is 5.19. The van der Waals surface area contributed by atoms with Gasteiger partial charge < -0.3 is 16.4 Å². The Kier molecular flexibility index (Phi) is 5.72. The minimum absolute atomic E-state index is 0.0545. The van der Waals surface area contributed by atoms with Gasteiger partial charge in [0.25, 0.3) is 11.8 Å². The van der Waals surface area contributed by atoms with Crippen LogP contribution >= 0.6 is 11.5 Å². The molecule has 0 aliphatic rings. The lowest BCUT2D eigenvalue weighted by Crippen LogP contribution is -2.45. The van der Waals surface area contributed by atoms with Gasteiger partial charge in [-0.3, -0.25) is 19.2 Å². The predicted molar refractivity (Wildman–Crippen MR) is 68.7 cm³/mol. The highest BCUT2D eigenvalue weighted by molar-refractivity contribution is 7.03. The van der Waals surface area contributed by atoms with Crippen LogP contribution in [-0.4, -0.2) is 46.2 Å². The second-order valence-corrected chi connectivity index (χ2v) is 4.37. The number of likely N-dealkylation sites (N-methyl/N-ethyl adjacent to an activating group) is 1. The van der Waals surface area contributed by atoms with Crippen molar-refractivity contribution in [3.05, 3.63) is 11.1 Å². The van der Waals surface area contributed by atoms with Gasteiger partial charge in [-0.25, -0.2) is 0 Å². The van der Waals surface area contributed by atoms with E-state index in [2.05, 4.69) is 20.2 Å². The molecule has 9 nitrogen and oxygen atoms in total. The number of rotatable bonds is 7. The Morgan fingerprint density at radius 3 is 2.60 bits per heavy atom. The largest absolute Gasteiger partial charge is 0.368 e. The number of aromatic nitrogens is 2. The minimum atomic E-state index is -1.06. The van der Waals surface area contributed by atoms with Crippen LogP contribution in [0.15, 0.2) is 5.38 Å². The number of ketones is 1. The monoisotopic (exact) mass is 299 g/mol. The highest BCUT2D eigenvalue weighted by atomic mass is 32.1. The van der Waals surface area contributed by atoms with E-state index in [9.17, 15) is 19.2 Å². The molecular formula is C10H13N5O4S. The summed E-state index contributed by atoms with van der Waals surface area (Å²) >= 11 is 0.983. The SMILES string of the molecule is CNC(=O)C(=O)CCC(NC(=O)c1csnn1)C(N)=O. The van der Waals surface area contributed by atoms with Crippen molar-refractivity contribution < 1.29 is 19.2 Å². The van der Waals surface area contributed by atoms with Gasteiger partial charge in [0.15, 0.2) is 5.69 Å². The molecule has 4 N–H and O–H groups in total. The lowest BCUT2D eigenvalue weighted by Gasteiger charge is -2.13. The van der Waals surface area contributed by atoms with Crippen molar-refractivity contribution in [3.63, 3.8) is 0 Å². The molecule has 0 spiro atoms. The molecule has 0 saturated heterocycles. The van der Waals surface area contributed by atoms with E-state index in [1.165, 1.54) is 12.4 Å². The number of primary amides is 1. The smallest absolute Gasteiger partial charge is 0.287 e. The number of carbonyl (C=O) groups is 4. The number of amides is 3. The van der Waals surface area contributed by atoms with Crippen molar-refractivity contribution in [2.75, 3.05) is 7.05 Å². The van der Waals surface area contributed by atoms with Crippen molar-refractivity contribution in [1.82, 2.24) is 20.2 Å². The number of nitrogens with two attached hydrogens (primary N) is 1. The number of hydrogen-bond donors (Lipinski definition) is 3. The fourth-order valence-corrected chi connectivity index (χ4v) is 1.75. The van der Waals surface area contributed by atoms with Gasteiger partial charge in [0.1, 0.15) is 6.04 Å². The zero-order valence-corrected chi connectivity index (χ0v) is 11.4. The molecule has 1 aromatic heterocycles. The van der Waals surface area contributed by atoms with Crippen molar-refractivity contribution in [3.8, 4) is 0 Å². The van der Waals surface area contributed by atoms with Gasteiger partial charge in [0.2, 0.25) is 11.7 Å². The minimum Gasteiger partial charge on any atom is -0.368 e. The maximum absolute atomic E-state index is 11.7.